The number of carbonyl (C=O) groups is 1. The number of likely N-dealkylation sites (tertiary alicyclic amines) is 1. The van der Waals surface area contributed by atoms with Crippen molar-refractivity contribution in [1.82, 2.24) is 4.90 Å². The molecule has 1 heterocycles. The molecular weight excluding hydrogens is 152 g/mol. The second-order valence-corrected chi connectivity index (χ2v) is 3.14. The monoisotopic (exact) mass is 166 g/mol. The molecular formula is C9H14N2O. The van der Waals surface area contributed by atoms with Crippen LogP contribution in [0.4, 0.5) is 0 Å². The number of nitriles is 1. The van der Waals surface area contributed by atoms with Crippen molar-refractivity contribution in [2.45, 2.75) is 25.7 Å². The molecule has 0 N–H and O–H groups in total. The van der Waals surface area contributed by atoms with Gasteiger partial charge in [-0.2, -0.15) is 5.26 Å². The average molecular weight is 166 g/mol. The van der Waals surface area contributed by atoms with E-state index in [1.807, 2.05) is 0 Å². The van der Waals surface area contributed by atoms with E-state index in [9.17, 15) is 4.79 Å². The van der Waals surface area contributed by atoms with Gasteiger partial charge in [0.2, 0.25) is 0 Å². The molecule has 0 saturated carbocycles. The quantitative estimate of drug-likeness (QED) is 0.586. The molecule has 1 fully saturated rings. The van der Waals surface area contributed by atoms with Crippen LogP contribution in [0.2, 0.25) is 0 Å². The van der Waals surface area contributed by atoms with Crippen LogP contribution in [0.3, 0.4) is 0 Å². The van der Waals surface area contributed by atoms with Crippen molar-refractivity contribution in [3.8, 4) is 6.07 Å². The fraction of sp³-hybridized carbons (Fsp3) is 0.778. The average Bonchev–Trinajstić information content (AvgIpc) is 2.09. The lowest BCUT2D eigenvalue weighted by Gasteiger charge is -2.25. The number of unbranched alkanes of at least 4 members (excludes halogenated alkanes) is 1. The Bertz CT molecular complexity index is 185. The van der Waals surface area contributed by atoms with Crippen LogP contribution in [0.5, 0.6) is 0 Å². The Labute approximate surface area is 73.0 Å². The van der Waals surface area contributed by atoms with E-state index in [1.165, 1.54) is 0 Å². The van der Waals surface area contributed by atoms with E-state index in [-0.39, 0.29) is 0 Å². The van der Waals surface area contributed by atoms with Crippen molar-refractivity contribution in [3.63, 3.8) is 0 Å². The maximum absolute atomic E-state index is 10.9. The van der Waals surface area contributed by atoms with Crippen LogP contribution in [0, 0.1) is 11.3 Å². The first-order valence-corrected chi connectivity index (χ1v) is 4.44. The minimum Gasteiger partial charge on any atom is -0.302 e. The van der Waals surface area contributed by atoms with Crippen LogP contribution in [-0.4, -0.2) is 30.3 Å². The number of piperidine rings is 1. The smallest absolute Gasteiger partial charge is 0.135 e. The van der Waals surface area contributed by atoms with E-state index in [0.717, 1.165) is 26.1 Å². The molecule has 1 rings (SSSR count). The first-order chi connectivity index (χ1) is 5.83. The Morgan fingerprint density at radius 1 is 1.42 bits per heavy atom. The fourth-order valence-corrected chi connectivity index (χ4v) is 1.41. The molecule has 0 spiro atoms. The Balaban J connectivity index is 2.10. The summed E-state index contributed by atoms with van der Waals surface area (Å²) in [6.07, 6.45) is 2.97. The predicted octanol–water partition coefficient (Wildman–Crippen LogP) is 0.955. The summed E-state index contributed by atoms with van der Waals surface area (Å²) in [6, 6.07) is 2.12. The molecule has 0 atom stereocenters. The molecule has 0 aromatic heterocycles. The van der Waals surface area contributed by atoms with Crippen molar-refractivity contribution >= 4 is 5.78 Å². The summed E-state index contributed by atoms with van der Waals surface area (Å²) in [6.45, 7) is 2.76. The van der Waals surface area contributed by atoms with Crippen molar-refractivity contribution in [2.75, 3.05) is 19.6 Å². The van der Waals surface area contributed by atoms with Crippen LogP contribution >= 0.6 is 0 Å². The molecule has 0 aliphatic carbocycles. The molecule has 1 aliphatic heterocycles. The van der Waals surface area contributed by atoms with Gasteiger partial charge in [-0.15, -0.1) is 0 Å². The van der Waals surface area contributed by atoms with E-state index < -0.39 is 0 Å². The standard InChI is InChI=1S/C9H14N2O/c10-5-1-2-6-11-7-3-9(12)4-8-11/h1-4,6-8H2. The molecule has 1 saturated heterocycles. The Morgan fingerprint density at radius 2 is 2.08 bits per heavy atom. The highest BCUT2D eigenvalue weighted by atomic mass is 16.1. The van der Waals surface area contributed by atoms with Gasteiger partial charge >= 0.3 is 0 Å². The Kier molecular flexibility index (Phi) is 3.75. The fourth-order valence-electron chi connectivity index (χ4n) is 1.41. The SMILES string of the molecule is N#CCCCN1CCC(=O)CC1. The van der Waals surface area contributed by atoms with Gasteiger partial charge in [0.25, 0.3) is 0 Å². The Morgan fingerprint density at radius 3 is 2.67 bits per heavy atom. The Hall–Kier alpha value is -0.880. The molecule has 3 nitrogen and oxygen atoms in total. The van der Waals surface area contributed by atoms with E-state index >= 15 is 0 Å². The van der Waals surface area contributed by atoms with Crippen molar-refractivity contribution in [1.29, 1.82) is 5.26 Å². The highest BCUT2D eigenvalue weighted by Gasteiger charge is 2.14. The number of carbonyl (C=O) groups excluding carboxylic acids is 1. The van der Waals surface area contributed by atoms with E-state index in [1.54, 1.807) is 0 Å². The van der Waals surface area contributed by atoms with Gasteiger partial charge in [0.15, 0.2) is 0 Å². The van der Waals surface area contributed by atoms with Crippen LogP contribution in [0.15, 0.2) is 0 Å². The minimum absolute atomic E-state index is 0.381. The number of nitrogens with zero attached hydrogens (tertiary/aromatic N) is 2. The minimum atomic E-state index is 0.381. The molecule has 1 aliphatic rings. The molecule has 12 heavy (non-hydrogen) atoms. The third-order valence-corrected chi connectivity index (χ3v) is 2.18. The van der Waals surface area contributed by atoms with Crippen molar-refractivity contribution in [3.05, 3.63) is 0 Å². The number of ketones is 1. The molecule has 0 amide bonds. The van der Waals surface area contributed by atoms with Gasteiger partial charge in [-0.1, -0.05) is 0 Å². The summed E-state index contributed by atoms with van der Waals surface area (Å²) in [4.78, 5) is 13.1. The molecule has 0 unspecified atom stereocenters. The third-order valence-electron chi connectivity index (χ3n) is 2.18. The first-order valence-electron chi connectivity index (χ1n) is 4.44. The largest absolute Gasteiger partial charge is 0.302 e. The lowest BCUT2D eigenvalue weighted by Crippen LogP contribution is -2.34. The van der Waals surface area contributed by atoms with Crippen molar-refractivity contribution < 1.29 is 4.79 Å². The number of hydrogen-bond acceptors (Lipinski definition) is 3. The van der Waals surface area contributed by atoms with Crippen LogP contribution in [0.1, 0.15) is 25.7 Å². The maximum atomic E-state index is 10.9. The summed E-state index contributed by atoms with van der Waals surface area (Å²) in [5.41, 5.74) is 0. The highest BCUT2D eigenvalue weighted by Crippen LogP contribution is 2.06. The third kappa shape index (κ3) is 3.02. The van der Waals surface area contributed by atoms with Gasteiger partial charge in [0.05, 0.1) is 6.07 Å². The number of Topliss-reactive ketones (excluding diaryl/α,β-unsaturated/α-hetero) is 1. The first kappa shape index (κ1) is 9.21. The zero-order chi connectivity index (χ0) is 8.81. The zero-order valence-electron chi connectivity index (χ0n) is 7.25. The van der Waals surface area contributed by atoms with Crippen LogP contribution < -0.4 is 0 Å². The predicted molar refractivity (Wildman–Crippen MR) is 45.5 cm³/mol. The summed E-state index contributed by atoms with van der Waals surface area (Å²) >= 11 is 0. The molecule has 0 aromatic carbocycles. The van der Waals surface area contributed by atoms with Crippen LogP contribution in [-0.2, 0) is 4.79 Å². The van der Waals surface area contributed by atoms with E-state index in [0.29, 0.717) is 25.0 Å². The maximum Gasteiger partial charge on any atom is 0.135 e. The van der Waals surface area contributed by atoms with E-state index in [2.05, 4.69) is 11.0 Å². The molecule has 66 valence electrons. The van der Waals surface area contributed by atoms with Gasteiger partial charge in [0.1, 0.15) is 5.78 Å². The summed E-state index contributed by atoms with van der Waals surface area (Å²) < 4.78 is 0. The summed E-state index contributed by atoms with van der Waals surface area (Å²) in [7, 11) is 0. The van der Waals surface area contributed by atoms with Crippen molar-refractivity contribution in [2.24, 2.45) is 0 Å². The van der Waals surface area contributed by atoms with Crippen LogP contribution in [0.25, 0.3) is 0 Å². The zero-order valence-corrected chi connectivity index (χ0v) is 7.25. The lowest BCUT2D eigenvalue weighted by molar-refractivity contribution is -0.121. The number of hydrogen-bond donors (Lipinski definition) is 0. The lowest BCUT2D eigenvalue weighted by atomic mass is 10.1. The second kappa shape index (κ2) is 4.89. The number of rotatable bonds is 3. The molecule has 0 radical (unpaired) electrons. The van der Waals surface area contributed by atoms with Gasteiger partial charge in [-0.25, -0.2) is 0 Å². The topological polar surface area (TPSA) is 44.1 Å². The normalized spacial score (nSPS) is 19.1. The highest BCUT2D eigenvalue weighted by molar-refractivity contribution is 5.79. The van der Waals surface area contributed by atoms with Gasteiger partial charge < -0.3 is 4.90 Å². The second-order valence-electron chi connectivity index (χ2n) is 3.14. The summed E-state index contributed by atoms with van der Waals surface area (Å²) in [5.74, 6) is 0.381. The van der Waals surface area contributed by atoms with Gasteiger partial charge in [-0.3, -0.25) is 4.79 Å². The van der Waals surface area contributed by atoms with Gasteiger partial charge in [0, 0.05) is 32.4 Å². The molecule has 0 bridgehead atoms. The van der Waals surface area contributed by atoms with E-state index in [4.69, 9.17) is 5.26 Å². The molecule has 3 heteroatoms. The molecule has 0 aromatic rings. The summed E-state index contributed by atoms with van der Waals surface area (Å²) in [5, 5.41) is 8.32. The van der Waals surface area contributed by atoms with Gasteiger partial charge in [-0.05, 0) is 13.0 Å².